The number of rotatable bonds is 5. The summed E-state index contributed by atoms with van der Waals surface area (Å²) >= 11 is 0. The van der Waals surface area contributed by atoms with Crippen LogP contribution in [0, 0.1) is 17.6 Å². The highest BCUT2D eigenvalue weighted by atomic mass is 19.1. The van der Waals surface area contributed by atoms with Gasteiger partial charge in [-0.15, -0.1) is 0 Å². The Kier molecular flexibility index (Phi) is 4.69. The van der Waals surface area contributed by atoms with Gasteiger partial charge in [0.2, 0.25) is 0 Å². The first kappa shape index (κ1) is 12.1. The molecular formula is C12H17F2N. The van der Waals surface area contributed by atoms with Gasteiger partial charge in [-0.2, -0.15) is 0 Å². The molecule has 0 heterocycles. The molecule has 0 radical (unpaired) electrons. The van der Waals surface area contributed by atoms with Gasteiger partial charge >= 0.3 is 0 Å². The van der Waals surface area contributed by atoms with E-state index in [-0.39, 0.29) is 0 Å². The molecule has 0 saturated heterocycles. The van der Waals surface area contributed by atoms with Crippen molar-refractivity contribution in [2.75, 3.05) is 6.54 Å². The van der Waals surface area contributed by atoms with E-state index < -0.39 is 11.6 Å². The molecule has 0 aliphatic carbocycles. The number of hydrogen-bond acceptors (Lipinski definition) is 1. The molecule has 0 aliphatic rings. The van der Waals surface area contributed by atoms with Gasteiger partial charge in [-0.25, -0.2) is 8.78 Å². The predicted octanol–water partition coefficient (Wildman–Crippen LogP) is 2.88. The van der Waals surface area contributed by atoms with E-state index in [4.69, 9.17) is 5.73 Å². The van der Waals surface area contributed by atoms with E-state index in [2.05, 4.69) is 6.92 Å². The Morgan fingerprint density at radius 2 is 2.00 bits per heavy atom. The highest BCUT2D eigenvalue weighted by Crippen LogP contribution is 2.15. The number of benzene rings is 1. The second-order valence-corrected chi connectivity index (χ2v) is 3.96. The minimum atomic E-state index is -0.522. The largest absolute Gasteiger partial charge is 0.330 e. The number of aryl methyl sites for hydroxylation is 1. The summed E-state index contributed by atoms with van der Waals surface area (Å²) in [4.78, 5) is 0. The summed E-state index contributed by atoms with van der Waals surface area (Å²) in [6, 6.07) is 3.74. The molecule has 0 saturated carbocycles. The Balaban J connectivity index is 2.50. The van der Waals surface area contributed by atoms with E-state index in [0.717, 1.165) is 18.9 Å². The summed E-state index contributed by atoms with van der Waals surface area (Å²) in [6.45, 7) is 2.75. The average Bonchev–Trinajstić information content (AvgIpc) is 2.17. The van der Waals surface area contributed by atoms with Crippen molar-refractivity contribution in [2.24, 2.45) is 11.7 Å². The zero-order valence-electron chi connectivity index (χ0n) is 8.97. The monoisotopic (exact) mass is 213 g/mol. The van der Waals surface area contributed by atoms with E-state index in [0.29, 0.717) is 24.4 Å². The van der Waals surface area contributed by atoms with Gasteiger partial charge < -0.3 is 5.73 Å². The van der Waals surface area contributed by atoms with Crippen molar-refractivity contribution in [3.05, 3.63) is 35.4 Å². The Morgan fingerprint density at radius 1 is 1.27 bits per heavy atom. The fourth-order valence-electron chi connectivity index (χ4n) is 1.56. The third kappa shape index (κ3) is 3.96. The summed E-state index contributed by atoms with van der Waals surface area (Å²) in [5, 5.41) is 0. The van der Waals surface area contributed by atoms with E-state index in [1.807, 2.05) is 0 Å². The maximum absolute atomic E-state index is 13.2. The smallest absolute Gasteiger partial charge is 0.129 e. The molecule has 1 unspecified atom stereocenters. The van der Waals surface area contributed by atoms with Gasteiger partial charge in [-0.3, -0.25) is 0 Å². The van der Waals surface area contributed by atoms with Crippen molar-refractivity contribution < 1.29 is 8.78 Å². The predicted molar refractivity (Wildman–Crippen MR) is 57.5 cm³/mol. The number of nitrogens with two attached hydrogens (primary N) is 1. The Bertz CT molecular complexity index is 312. The number of halogens is 2. The molecule has 0 fully saturated rings. The van der Waals surface area contributed by atoms with Crippen LogP contribution in [0.25, 0.3) is 0 Å². The lowest BCUT2D eigenvalue weighted by Crippen LogP contribution is -2.07. The maximum Gasteiger partial charge on any atom is 0.129 e. The van der Waals surface area contributed by atoms with Crippen molar-refractivity contribution in [2.45, 2.75) is 26.2 Å². The molecule has 0 aliphatic heterocycles. The molecule has 0 amide bonds. The maximum atomic E-state index is 13.2. The summed E-state index contributed by atoms with van der Waals surface area (Å²) in [5.74, 6) is -0.486. The Labute approximate surface area is 89.3 Å². The normalized spacial score (nSPS) is 12.8. The van der Waals surface area contributed by atoms with E-state index >= 15 is 0 Å². The van der Waals surface area contributed by atoms with Crippen molar-refractivity contribution in [3.8, 4) is 0 Å². The third-order valence-electron chi connectivity index (χ3n) is 2.58. The molecule has 1 rings (SSSR count). The van der Waals surface area contributed by atoms with Crippen molar-refractivity contribution in [1.82, 2.24) is 0 Å². The first-order chi connectivity index (χ1) is 7.13. The van der Waals surface area contributed by atoms with Gasteiger partial charge in [0.1, 0.15) is 11.6 Å². The molecular weight excluding hydrogens is 196 g/mol. The first-order valence-corrected chi connectivity index (χ1v) is 5.27. The minimum absolute atomic E-state index is 0.449. The molecule has 1 aromatic carbocycles. The fraction of sp³-hybridized carbons (Fsp3) is 0.500. The van der Waals surface area contributed by atoms with Crippen LogP contribution in [0.3, 0.4) is 0 Å². The van der Waals surface area contributed by atoms with Crippen LogP contribution in [0.1, 0.15) is 25.3 Å². The van der Waals surface area contributed by atoms with Gasteiger partial charge in [-0.05, 0) is 43.4 Å². The van der Waals surface area contributed by atoms with Crippen LogP contribution in [0.15, 0.2) is 18.2 Å². The van der Waals surface area contributed by atoms with Crippen LogP contribution in [0.2, 0.25) is 0 Å². The SMILES string of the molecule is CC(CCN)CCc1ccc(F)cc1F. The summed E-state index contributed by atoms with van der Waals surface area (Å²) in [5.41, 5.74) is 6.01. The van der Waals surface area contributed by atoms with E-state index in [9.17, 15) is 8.78 Å². The van der Waals surface area contributed by atoms with Gasteiger partial charge in [0, 0.05) is 6.07 Å². The summed E-state index contributed by atoms with van der Waals surface area (Å²) in [7, 11) is 0. The Hall–Kier alpha value is -0.960. The van der Waals surface area contributed by atoms with Crippen LogP contribution >= 0.6 is 0 Å². The van der Waals surface area contributed by atoms with Crippen molar-refractivity contribution >= 4 is 0 Å². The second-order valence-electron chi connectivity index (χ2n) is 3.96. The van der Waals surface area contributed by atoms with Crippen molar-refractivity contribution in [1.29, 1.82) is 0 Å². The molecule has 15 heavy (non-hydrogen) atoms. The van der Waals surface area contributed by atoms with Gasteiger partial charge in [0.15, 0.2) is 0 Å². The van der Waals surface area contributed by atoms with Crippen LogP contribution in [-0.2, 0) is 6.42 Å². The van der Waals surface area contributed by atoms with Crippen molar-refractivity contribution in [3.63, 3.8) is 0 Å². The molecule has 1 atom stereocenters. The fourth-order valence-corrected chi connectivity index (χ4v) is 1.56. The average molecular weight is 213 g/mol. The lowest BCUT2D eigenvalue weighted by atomic mass is 9.98. The molecule has 1 aromatic rings. The molecule has 3 heteroatoms. The highest BCUT2D eigenvalue weighted by Gasteiger charge is 2.06. The zero-order valence-corrected chi connectivity index (χ0v) is 8.97. The highest BCUT2D eigenvalue weighted by molar-refractivity contribution is 5.18. The van der Waals surface area contributed by atoms with Crippen LogP contribution in [-0.4, -0.2) is 6.54 Å². The zero-order chi connectivity index (χ0) is 11.3. The lowest BCUT2D eigenvalue weighted by Gasteiger charge is -2.09. The second kappa shape index (κ2) is 5.81. The first-order valence-electron chi connectivity index (χ1n) is 5.27. The molecule has 1 nitrogen and oxygen atoms in total. The van der Waals surface area contributed by atoms with E-state index in [1.165, 1.54) is 12.1 Å². The molecule has 0 spiro atoms. The van der Waals surface area contributed by atoms with Gasteiger partial charge in [-0.1, -0.05) is 13.0 Å². The molecule has 0 aromatic heterocycles. The third-order valence-corrected chi connectivity index (χ3v) is 2.58. The number of hydrogen-bond donors (Lipinski definition) is 1. The lowest BCUT2D eigenvalue weighted by molar-refractivity contribution is 0.490. The summed E-state index contributed by atoms with van der Waals surface area (Å²) in [6.07, 6.45) is 2.48. The van der Waals surface area contributed by atoms with Crippen LogP contribution < -0.4 is 5.73 Å². The van der Waals surface area contributed by atoms with Crippen LogP contribution in [0.5, 0.6) is 0 Å². The topological polar surface area (TPSA) is 26.0 Å². The van der Waals surface area contributed by atoms with Gasteiger partial charge in [0.05, 0.1) is 0 Å². The standard InChI is InChI=1S/C12H17F2N/c1-9(6-7-15)2-3-10-4-5-11(13)8-12(10)14/h4-5,8-9H,2-3,6-7,15H2,1H3. The summed E-state index contributed by atoms with van der Waals surface area (Å²) < 4.78 is 25.8. The van der Waals surface area contributed by atoms with Crippen LogP contribution in [0.4, 0.5) is 8.78 Å². The quantitative estimate of drug-likeness (QED) is 0.799. The minimum Gasteiger partial charge on any atom is -0.330 e. The Morgan fingerprint density at radius 3 is 2.60 bits per heavy atom. The molecule has 84 valence electrons. The van der Waals surface area contributed by atoms with Gasteiger partial charge in [0.25, 0.3) is 0 Å². The molecule has 2 N–H and O–H groups in total. The molecule has 0 bridgehead atoms. The van der Waals surface area contributed by atoms with E-state index in [1.54, 1.807) is 0 Å².